The van der Waals surface area contributed by atoms with Crippen molar-refractivity contribution in [3.05, 3.63) is 35.6 Å². The minimum Gasteiger partial charge on any atom is -0.391 e. The molecule has 5 N–H and O–H groups in total. The number of halogens is 1. The number of benzene rings is 1. The fraction of sp³-hybridized carbons (Fsp3) is 0.500. The van der Waals surface area contributed by atoms with E-state index in [9.17, 15) is 23.9 Å². The molecule has 4 atom stereocenters. The summed E-state index contributed by atoms with van der Waals surface area (Å²) >= 11 is 0. The van der Waals surface area contributed by atoms with Crippen LogP contribution in [0.2, 0.25) is 0 Å². The molecular formula is C18H23FN4O4. The van der Waals surface area contributed by atoms with Crippen LogP contribution in [-0.4, -0.2) is 58.5 Å². The van der Waals surface area contributed by atoms with Crippen molar-refractivity contribution >= 4 is 17.7 Å². The second kappa shape index (κ2) is 7.24. The summed E-state index contributed by atoms with van der Waals surface area (Å²) in [5.41, 5.74) is 5.26. The molecule has 3 rings (SSSR count). The lowest BCUT2D eigenvalue weighted by Gasteiger charge is -2.44. The number of carbonyl (C=O) groups excluding carboxylic acids is 3. The Morgan fingerprint density at radius 1 is 1.44 bits per heavy atom. The molecule has 2 aliphatic heterocycles. The van der Waals surface area contributed by atoms with Crippen LogP contribution in [-0.2, 0) is 20.9 Å². The summed E-state index contributed by atoms with van der Waals surface area (Å²) in [5, 5.41) is 14.8. The molecule has 2 unspecified atom stereocenters. The molecule has 2 aliphatic rings. The number of aliphatic hydroxyl groups is 1. The number of nitrogens with one attached hydrogen (secondary N) is 2. The highest BCUT2D eigenvalue weighted by molar-refractivity contribution is 5.95. The number of carbonyl (C=O) groups is 3. The van der Waals surface area contributed by atoms with Crippen LogP contribution in [0.25, 0.3) is 0 Å². The third-order valence-corrected chi connectivity index (χ3v) is 5.34. The molecule has 0 bridgehead atoms. The smallest absolute Gasteiger partial charge is 0.242 e. The van der Waals surface area contributed by atoms with Crippen molar-refractivity contribution in [3.63, 3.8) is 0 Å². The van der Waals surface area contributed by atoms with Gasteiger partial charge in [-0.2, -0.15) is 0 Å². The Labute approximate surface area is 155 Å². The Morgan fingerprint density at radius 3 is 2.59 bits per heavy atom. The van der Waals surface area contributed by atoms with E-state index in [1.54, 1.807) is 12.1 Å². The second-order valence-corrected chi connectivity index (χ2v) is 7.25. The molecule has 1 spiro atoms. The number of hydrogen-bond acceptors (Lipinski definition) is 5. The van der Waals surface area contributed by atoms with Crippen LogP contribution in [0.4, 0.5) is 4.39 Å². The van der Waals surface area contributed by atoms with Gasteiger partial charge in [0.05, 0.1) is 12.0 Å². The topological polar surface area (TPSA) is 125 Å². The minimum absolute atomic E-state index is 0.151. The SMILES string of the molecule is C[C@@H](O)[C@H](NC(=O)C1CN(Cc2ccc(F)cc2)C2(CNC2=O)C1)C(N)=O. The number of nitrogens with zero attached hydrogens (tertiary/aromatic N) is 1. The van der Waals surface area contributed by atoms with Crippen LogP contribution < -0.4 is 16.4 Å². The molecule has 146 valence electrons. The molecule has 1 aromatic carbocycles. The monoisotopic (exact) mass is 378 g/mol. The number of primary amides is 1. The van der Waals surface area contributed by atoms with Crippen LogP contribution in [0.15, 0.2) is 24.3 Å². The third kappa shape index (κ3) is 3.65. The van der Waals surface area contributed by atoms with Gasteiger partial charge in [0.2, 0.25) is 17.7 Å². The normalized spacial score (nSPS) is 26.9. The molecule has 2 saturated heterocycles. The number of aliphatic hydroxyl groups excluding tert-OH is 1. The molecule has 0 saturated carbocycles. The number of rotatable bonds is 6. The van der Waals surface area contributed by atoms with E-state index >= 15 is 0 Å². The molecule has 1 aromatic rings. The maximum absolute atomic E-state index is 13.1. The molecule has 0 radical (unpaired) electrons. The highest BCUT2D eigenvalue weighted by Gasteiger charge is 2.57. The number of hydrogen-bond donors (Lipinski definition) is 4. The first-order chi connectivity index (χ1) is 12.7. The van der Waals surface area contributed by atoms with Crippen molar-refractivity contribution in [2.24, 2.45) is 11.7 Å². The van der Waals surface area contributed by atoms with Crippen LogP contribution in [0.1, 0.15) is 18.9 Å². The van der Waals surface area contributed by atoms with E-state index < -0.39 is 35.4 Å². The summed E-state index contributed by atoms with van der Waals surface area (Å²) in [6.45, 7) is 2.49. The van der Waals surface area contributed by atoms with Crippen LogP contribution in [0.3, 0.4) is 0 Å². The summed E-state index contributed by atoms with van der Waals surface area (Å²) in [6, 6.07) is 4.80. The number of β-lactam (4-membered cyclic amide) rings is 1. The zero-order valence-electron chi connectivity index (χ0n) is 14.9. The Balaban J connectivity index is 1.74. The molecule has 0 aliphatic carbocycles. The van der Waals surface area contributed by atoms with Gasteiger partial charge in [-0.1, -0.05) is 12.1 Å². The molecule has 2 fully saturated rings. The fourth-order valence-electron chi connectivity index (χ4n) is 3.73. The van der Waals surface area contributed by atoms with Crippen LogP contribution in [0.5, 0.6) is 0 Å². The summed E-state index contributed by atoms with van der Waals surface area (Å²) in [7, 11) is 0. The molecule has 3 amide bonds. The van der Waals surface area contributed by atoms with E-state index in [2.05, 4.69) is 10.6 Å². The predicted molar refractivity (Wildman–Crippen MR) is 93.5 cm³/mol. The highest BCUT2D eigenvalue weighted by Crippen LogP contribution is 2.38. The minimum atomic E-state index is -1.19. The van der Waals surface area contributed by atoms with E-state index in [1.165, 1.54) is 19.1 Å². The van der Waals surface area contributed by atoms with Gasteiger partial charge in [0.1, 0.15) is 17.4 Å². The van der Waals surface area contributed by atoms with Gasteiger partial charge in [0, 0.05) is 19.6 Å². The maximum Gasteiger partial charge on any atom is 0.242 e. The molecule has 9 heteroatoms. The van der Waals surface area contributed by atoms with Crippen molar-refractivity contribution in [1.82, 2.24) is 15.5 Å². The Bertz CT molecular complexity index is 754. The Kier molecular flexibility index (Phi) is 5.16. The largest absolute Gasteiger partial charge is 0.391 e. The molecule has 0 aromatic heterocycles. The number of likely N-dealkylation sites (tertiary alicyclic amines) is 1. The molecule has 8 nitrogen and oxygen atoms in total. The van der Waals surface area contributed by atoms with Gasteiger partial charge in [-0.25, -0.2) is 4.39 Å². The zero-order chi connectivity index (χ0) is 19.8. The van der Waals surface area contributed by atoms with Crippen molar-refractivity contribution in [2.45, 2.75) is 37.6 Å². The van der Waals surface area contributed by atoms with Gasteiger partial charge in [-0.05, 0) is 31.0 Å². The van der Waals surface area contributed by atoms with Crippen molar-refractivity contribution in [2.75, 3.05) is 13.1 Å². The lowest BCUT2D eigenvalue weighted by atomic mass is 9.85. The quantitative estimate of drug-likeness (QED) is 0.466. The summed E-state index contributed by atoms with van der Waals surface area (Å²) in [4.78, 5) is 38.2. The zero-order valence-corrected chi connectivity index (χ0v) is 14.9. The van der Waals surface area contributed by atoms with Crippen molar-refractivity contribution < 1.29 is 23.9 Å². The lowest BCUT2D eigenvalue weighted by Crippen LogP contribution is -2.70. The Hall–Kier alpha value is -2.52. The predicted octanol–water partition coefficient (Wildman–Crippen LogP) is -1.13. The lowest BCUT2D eigenvalue weighted by molar-refractivity contribution is -0.141. The van der Waals surface area contributed by atoms with E-state index in [-0.39, 0.29) is 11.7 Å². The van der Waals surface area contributed by atoms with Gasteiger partial charge < -0.3 is 21.5 Å². The molecule has 27 heavy (non-hydrogen) atoms. The van der Waals surface area contributed by atoms with Crippen LogP contribution in [0, 0.1) is 11.7 Å². The summed E-state index contributed by atoms with van der Waals surface area (Å²) < 4.78 is 13.1. The van der Waals surface area contributed by atoms with E-state index in [1.807, 2.05) is 4.90 Å². The van der Waals surface area contributed by atoms with E-state index in [0.29, 0.717) is 26.1 Å². The maximum atomic E-state index is 13.1. The van der Waals surface area contributed by atoms with Gasteiger partial charge in [0.25, 0.3) is 0 Å². The highest BCUT2D eigenvalue weighted by atomic mass is 19.1. The Morgan fingerprint density at radius 2 is 2.11 bits per heavy atom. The second-order valence-electron chi connectivity index (χ2n) is 7.25. The number of amides is 3. The molecule has 2 heterocycles. The molecular weight excluding hydrogens is 355 g/mol. The fourth-order valence-corrected chi connectivity index (χ4v) is 3.73. The van der Waals surface area contributed by atoms with Gasteiger partial charge >= 0.3 is 0 Å². The first kappa shape index (κ1) is 19.2. The van der Waals surface area contributed by atoms with Gasteiger partial charge in [0.15, 0.2) is 0 Å². The van der Waals surface area contributed by atoms with Gasteiger partial charge in [-0.3, -0.25) is 19.3 Å². The average Bonchev–Trinajstić information content (AvgIpc) is 3.01. The third-order valence-electron chi connectivity index (χ3n) is 5.34. The van der Waals surface area contributed by atoms with E-state index in [4.69, 9.17) is 5.73 Å². The van der Waals surface area contributed by atoms with Crippen molar-refractivity contribution in [3.8, 4) is 0 Å². The summed E-state index contributed by atoms with van der Waals surface area (Å²) in [5.74, 6) is -2.28. The first-order valence-corrected chi connectivity index (χ1v) is 8.78. The van der Waals surface area contributed by atoms with Crippen molar-refractivity contribution in [1.29, 1.82) is 0 Å². The summed E-state index contributed by atoms with van der Waals surface area (Å²) in [6.07, 6.45) is -0.818. The standard InChI is InChI=1S/C18H23FN4O4/c1-10(24)14(15(20)25)22-16(26)12-6-18(9-21-17(18)27)23(8-12)7-11-2-4-13(19)5-3-11/h2-5,10,12,14,24H,6-9H2,1H3,(H2,20,25)(H,21,27)(H,22,26)/t10-,12?,14+,18?/m1/s1. The first-order valence-electron chi connectivity index (χ1n) is 8.78. The van der Waals surface area contributed by atoms with E-state index in [0.717, 1.165) is 5.56 Å². The average molecular weight is 378 g/mol. The number of nitrogens with two attached hydrogens (primary N) is 1. The van der Waals surface area contributed by atoms with Gasteiger partial charge in [-0.15, -0.1) is 0 Å². The van der Waals surface area contributed by atoms with Crippen LogP contribution >= 0.6 is 0 Å².